The van der Waals surface area contributed by atoms with Gasteiger partial charge in [0.25, 0.3) is 0 Å². The maximum absolute atomic E-state index is 13.3. The van der Waals surface area contributed by atoms with Gasteiger partial charge in [-0.2, -0.15) is 0 Å². The van der Waals surface area contributed by atoms with Crippen LogP contribution in [-0.2, 0) is 133 Å². The van der Waals surface area contributed by atoms with Gasteiger partial charge in [0.1, 0.15) is 293 Å². The van der Waals surface area contributed by atoms with E-state index in [1.54, 1.807) is 0 Å². The molecule has 0 aliphatic carbocycles. The minimum atomic E-state index is -2.76. The van der Waals surface area contributed by atoms with Crippen molar-refractivity contribution in [2.24, 2.45) is 0 Å². The number of rotatable bonds is 39. The Morgan fingerprint density at radius 1 is 0.176 bits per heavy atom. The maximum atomic E-state index is 13.3. The van der Waals surface area contributed by atoms with Crippen molar-refractivity contribution in [3.63, 3.8) is 0 Å². The van der Waals surface area contributed by atoms with Crippen LogP contribution in [0.25, 0.3) is 0 Å². The van der Waals surface area contributed by atoms with Crippen LogP contribution in [0.2, 0.25) is 0 Å². The molecule has 12 heterocycles. The molecule has 0 aromatic rings. The third kappa shape index (κ3) is 27.0. The van der Waals surface area contributed by atoms with Crippen molar-refractivity contribution in [1.29, 1.82) is 0 Å². The number of nitrogens with one attached hydrogen (secondary N) is 5. The standard InChI is InChI=1S/C82H137N5O61/c1-18(97)83-35-47(109)63(27(10-92)129-71(35)125)145-80-62(124)68(146-82-70(148-75-39(87-22(5)101)51(113)67(31(14-96)137-75)144-79-61(123)55(117)43(105)26(9-91)133-79)57(119)45(107)33(140-82)16-127-73-37(85-20(3)99)49(111)65(29(12-94)135-73)142-77-59(121)53(115)41(103)24(7-89)131-77)46(108)34(138-80)17-128-81-69(147-74-38(86-21(4)100)50(112)66(30(13-95)136-74)143-78-60(122)54(116)42(104)25(8-90)132-78)56(118)44(106)32(139-81)15-126-72-36(84-19(2)98)48(110)64(28(11-93)134-72)141-76-58(120)52(114)40(102)23(6-88)130-76/h23-82,88-96,102-125H,6-17H2,1-5H3,(H,83,97)(H,84,98)(H,85,99)(H,86,100)(H,87,101)/t23-,24-,25-,26-,27-,28-,29-,30-,31-,32-,33-,34-,35-,36-,37-,38-,39-,40+,41+,42+,43+,44-,45-,46-,47-,48-,49-,50-,51-,52+,53+,54+,55+,56+,57+,58-,59-,60-,61-,62+,63-,64-,65-,66-,67-,68+,69+,70+,71?,72-,73-,74+,75+,76+,77+,78+,79+,80+,81+,82-/m1/s1. The third-order valence-electron chi connectivity index (χ3n) is 27.1. The number of ether oxygens (including phenoxy) is 23. The first-order valence-corrected chi connectivity index (χ1v) is 47.2. The van der Waals surface area contributed by atoms with Gasteiger partial charge >= 0.3 is 0 Å². The molecule has 12 aliphatic heterocycles. The topological polar surface area (TPSA) is 1030 Å². The molecule has 66 nitrogen and oxygen atoms in total. The van der Waals surface area contributed by atoms with Gasteiger partial charge < -0.3 is 304 Å². The first-order valence-electron chi connectivity index (χ1n) is 47.2. The largest absolute Gasteiger partial charge is 0.394 e. The Kier molecular flexibility index (Phi) is 43.9. The molecule has 0 aromatic heterocycles. The van der Waals surface area contributed by atoms with E-state index in [1.807, 2.05) is 0 Å². The van der Waals surface area contributed by atoms with Crippen molar-refractivity contribution in [3.05, 3.63) is 0 Å². The molecular weight excluding hydrogens is 2030 g/mol. The highest BCUT2D eigenvalue weighted by molar-refractivity contribution is 5.75. The highest BCUT2D eigenvalue weighted by atomic mass is 16.8. The average Bonchev–Trinajstić information content (AvgIpc) is 0.764. The molecule has 12 saturated heterocycles. The molecule has 66 heteroatoms. The minimum Gasteiger partial charge on any atom is -0.394 e. The second-order valence-corrected chi connectivity index (χ2v) is 37.4. The van der Waals surface area contributed by atoms with Gasteiger partial charge in [-0.05, 0) is 0 Å². The quantitative estimate of drug-likeness (QED) is 0.0272. The maximum Gasteiger partial charge on any atom is 0.217 e. The number of carbonyl (C=O) groups excluding carboxylic acids is 5. The average molecular weight is 2170 g/mol. The molecule has 12 rings (SSSR count). The Balaban J connectivity index is 0.923. The van der Waals surface area contributed by atoms with Crippen molar-refractivity contribution < 1.29 is 301 Å². The van der Waals surface area contributed by atoms with Crippen LogP contribution in [0.4, 0.5) is 0 Å². The Morgan fingerprint density at radius 2 is 0.372 bits per heavy atom. The van der Waals surface area contributed by atoms with E-state index in [2.05, 4.69) is 26.6 Å². The summed E-state index contributed by atoms with van der Waals surface area (Å²) >= 11 is 0. The molecule has 0 radical (unpaired) electrons. The SMILES string of the molecule is CC(=O)N[C@H]1[C@H](OC[C@H]2O[C@H](OC[C@H]3O[C@@H](O[C@H]4[C@H](O)[C@@H](NC(C)=O)C(O)O[C@@H]4CO)[C@@H](O)[C@@H](O[C@H]4O[C@H](CO[C@@H]5O[C@H](CO)[C@@H](O[C@@H]6O[C@H](CO)[C@H](O)[C@H](O)[C@H]6O)[C@H](O)[C@H]5NC(C)=O)[C@@H](O)[C@H](O)[C@@H]4O[C@@H]4O[C@H](CO)[C@@H](O[C@@H]5O[C@H](CO)[C@H](O)[C@H](O)[C@H]5O)[C@H](O)[C@H]4NC(C)=O)[C@@H]3O)[C@@H](O[C@@H]3O[C@H](CO)[C@@H](O[C@@H]4O[C@H](CO)[C@H](O)[C@H](O)[C@H]4O)[C@H](O)[C@H]3NC(C)=O)[C@@H](O)[C@@H]2O)O[C@H](CO)[C@@H](O[C@@H]2O[C@H](CO)[C@H](O)[C@H](O)[C@H]2O)[C@@H]1O. The molecule has 856 valence electrons. The van der Waals surface area contributed by atoms with E-state index >= 15 is 0 Å². The Labute approximate surface area is 837 Å². The summed E-state index contributed by atoms with van der Waals surface area (Å²) < 4.78 is 138. The Hall–Kier alpha value is -4.89. The van der Waals surface area contributed by atoms with Gasteiger partial charge in [-0.25, -0.2) is 0 Å². The molecule has 60 atom stereocenters. The molecular formula is C82H137N5O61. The highest BCUT2D eigenvalue weighted by Gasteiger charge is 2.63. The summed E-state index contributed by atoms with van der Waals surface area (Å²) in [4.78, 5) is 65.4. The highest BCUT2D eigenvalue weighted by Crippen LogP contribution is 2.42. The fourth-order valence-corrected chi connectivity index (χ4v) is 19.1. The first kappa shape index (κ1) is 122. The second-order valence-electron chi connectivity index (χ2n) is 37.4. The summed E-state index contributed by atoms with van der Waals surface area (Å²) in [5.41, 5.74) is 0. The molecule has 0 aromatic carbocycles. The lowest BCUT2D eigenvalue weighted by Gasteiger charge is -2.51. The number of carbonyl (C=O) groups is 5. The van der Waals surface area contributed by atoms with E-state index in [9.17, 15) is 192 Å². The zero-order chi connectivity index (χ0) is 109. The predicted octanol–water partition coefficient (Wildman–Crippen LogP) is -26.4. The summed E-state index contributed by atoms with van der Waals surface area (Å²) in [7, 11) is 0. The summed E-state index contributed by atoms with van der Waals surface area (Å²) in [6, 6.07) is -9.96. The van der Waals surface area contributed by atoms with Gasteiger partial charge in [0.05, 0.1) is 79.3 Å². The van der Waals surface area contributed by atoms with Crippen molar-refractivity contribution in [1.82, 2.24) is 26.6 Å². The van der Waals surface area contributed by atoms with Crippen LogP contribution in [0.5, 0.6) is 0 Å². The number of amides is 5. The van der Waals surface area contributed by atoms with Gasteiger partial charge in [-0.15, -0.1) is 0 Å². The van der Waals surface area contributed by atoms with Crippen LogP contribution >= 0.6 is 0 Å². The number of aliphatic hydroxyl groups excluding tert-OH is 33. The molecule has 1 unspecified atom stereocenters. The van der Waals surface area contributed by atoms with Gasteiger partial charge in [0, 0.05) is 34.6 Å². The summed E-state index contributed by atoms with van der Waals surface area (Å²) in [5.74, 6) is -4.98. The Bertz CT molecular complexity index is 4120. The normalized spacial score (nSPS) is 49.3. The lowest BCUT2D eigenvalue weighted by Crippen LogP contribution is -2.70. The second kappa shape index (κ2) is 53.4. The number of hydrogen-bond acceptors (Lipinski definition) is 61. The van der Waals surface area contributed by atoms with E-state index in [-0.39, 0.29) is 0 Å². The molecule has 12 fully saturated rings. The zero-order valence-electron chi connectivity index (χ0n) is 79.3. The third-order valence-corrected chi connectivity index (χ3v) is 27.1. The first-order chi connectivity index (χ1) is 70.0. The van der Waals surface area contributed by atoms with Gasteiger partial charge in [-0.1, -0.05) is 0 Å². The van der Waals surface area contributed by atoms with E-state index < -0.39 is 477 Å². The zero-order valence-corrected chi connectivity index (χ0v) is 79.3. The van der Waals surface area contributed by atoms with Crippen molar-refractivity contribution in [3.8, 4) is 0 Å². The summed E-state index contributed by atoms with van der Waals surface area (Å²) in [5, 5.41) is 384. The summed E-state index contributed by atoms with van der Waals surface area (Å²) in [6.07, 6.45) is -120. The van der Waals surface area contributed by atoms with Crippen LogP contribution in [0, 0.1) is 0 Å². The smallest absolute Gasteiger partial charge is 0.217 e. The lowest BCUT2D eigenvalue weighted by molar-refractivity contribution is -0.400. The van der Waals surface area contributed by atoms with Crippen LogP contribution in [-0.4, -0.2) is 645 Å². The van der Waals surface area contributed by atoms with E-state index in [0.717, 1.165) is 34.6 Å². The van der Waals surface area contributed by atoms with Gasteiger partial charge in [0.2, 0.25) is 29.5 Å². The lowest BCUT2D eigenvalue weighted by atomic mass is 9.94. The van der Waals surface area contributed by atoms with Gasteiger partial charge in [-0.3, -0.25) is 24.0 Å². The molecule has 12 aliphatic rings. The van der Waals surface area contributed by atoms with Crippen molar-refractivity contribution >= 4 is 29.5 Å². The number of hydrogen-bond donors (Lipinski definition) is 38. The summed E-state index contributed by atoms with van der Waals surface area (Å²) in [6.45, 7) is -9.39. The fourth-order valence-electron chi connectivity index (χ4n) is 19.1. The van der Waals surface area contributed by atoms with Crippen LogP contribution in [0.1, 0.15) is 34.6 Å². The van der Waals surface area contributed by atoms with Crippen LogP contribution in [0.3, 0.4) is 0 Å². The van der Waals surface area contributed by atoms with Crippen molar-refractivity contribution in [2.45, 2.75) is 403 Å². The minimum absolute atomic E-state index is 0.866. The van der Waals surface area contributed by atoms with E-state index in [0.29, 0.717) is 0 Å². The van der Waals surface area contributed by atoms with Crippen LogP contribution < -0.4 is 26.6 Å². The Morgan fingerprint density at radius 3 is 0.662 bits per heavy atom. The predicted molar refractivity (Wildman–Crippen MR) is 453 cm³/mol. The molecule has 5 amide bonds. The molecule has 0 spiro atoms. The van der Waals surface area contributed by atoms with Crippen LogP contribution in [0.15, 0.2) is 0 Å². The number of aliphatic hydroxyl groups is 33. The van der Waals surface area contributed by atoms with Crippen molar-refractivity contribution in [2.75, 3.05) is 79.3 Å². The van der Waals surface area contributed by atoms with E-state index in [1.165, 1.54) is 0 Å². The fraction of sp³-hybridized carbons (Fsp3) is 0.939. The molecule has 0 saturated carbocycles. The van der Waals surface area contributed by atoms with E-state index in [4.69, 9.17) is 109 Å². The monoisotopic (exact) mass is 2170 g/mol. The molecule has 0 bridgehead atoms. The molecule has 38 N–H and O–H groups in total. The molecule has 148 heavy (non-hydrogen) atoms. The van der Waals surface area contributed by atoms with Gasteiger partial charge in [0.15, 0.2) is 75.5 Å².